The maximum absolute atomic E-state index is 5.95. The van der Waals surface area contributed by atoms with Gasteiger partial charge in [-0.25, -0.2) is 0 Å². The van der Waals surface area contributed by atoms with Gasteiger partial charge in [0, 0.05) is 18.4 Å². The zero-order valence-corrected chi connectivity index (χ0v) is 13.6. The molecule has 4 rings (SSSR count). The summed E-state index contributed by atoms with van der Waals surface area (Å²) in [6, 6.07) is 10.8. The van der Waals surface area contributed by atoms with Crippen LogP contribution in [0.3, 0.4) is 0 Å². The van der Waals surface area contributed by atoms with Crippen molar-refractivity contribution in [3.63, 3.8) is 0 Å². The predicted molar refractivity (Wildman–Crippen MR) is 89.0 cm³/mol. The summed E-state index contributed by atoms with van der Waals surface area (Å²) in [6.45, 7) is 6.91. The van der Waals surface area contributed by atoms with E-state index < -0.39 is 0 Å². The fraction of sp³-hybridized carbons (Fsp3) is 0.500. The van der Waals surface area contributed by atoms with Gasteiger partial charge in [0.25, 0.3) is 0 Å². The van der Waals surface area contributed by atoms with Gasteiger partial charge in [-0.1, -0.05) is 68.3 Å². The highest BCUT2D eigenvalue weighted by molar-refractivity contribution is 5.76. The Labute approximate surface area is 128 Å². The van der Waals surface area contributed by atoms with Gasteiger partial charge in [-0.15, -0.1) is 0 Å². The first-order valence-electron chi connectivity index (χ1n) is 8.07. The minimum Gasteiger partial charge on any atom is -0.378 e. The molecule has 3 atom stereocenters. The lowest BCUT2D eigenvalue weighted by Gasteiger charge is -2.52. The average molecular weight is 282 g/mol. The topological polar surface area (TPSA) is 9.23 Å². The SMILES string of the molecule is CCCC1=CC2(C)CC(C)(OC)C1C=C2c1ccccc1. The first-order valence-corrected chi connectivity index (χ1v) is 8.07. The van der Waals surface area contributed by atoms with Crippen LogP contribution in [0.2, 0.25) is 0 Å². The zero-order chi connectivity index (χ0) is 15.1. The fourth-order valence-corrected chi connectivity index (χ4v) is 4.35. The number of hydrogen-bond acceptors (Lipinski definition) is 1. The van der Waals surface area contributed by atoms with E-state index in [1.165, 1.54) is 24.0 Å². The molecule has 0 N–H and O–H groups in total. The molecule has 0 radical (unpaired) electrons. The van der Waals surface area contributed by atoms with Crippen LogP contribution in [0.1, 0.15) is 45.6 Å². The lowest BCUT2D eigenvalue weighted by Crippen LogP contribution is -2.49. The molecule has 3 aliphatic carbocycles. The summed E-state index contributed by atoms with van der Waals surface area (Å²) in [5, 5.41) is 0. The minimum absolute atomic E-state index is 0.0632. The largest absolute Gasteiger partial charge is 0.378 e. The lowest BCUT2D eigenvalue weighted by molar-refractivity contribution is -0.0509. The number of fused-ring (bicyclic) bond motifs is 1. The Hall–Kier alpha value is -1.34. The van der Waals surface area contributed by atoms with E-state index in [0.29, 0.717) is 5.92 Å². The van der Waals surface area contributed by atoms with Crippen LogP contribution in [-0.4, -0.2) is 12.7 Å². The lowest BCUT2D eigenvalue weighted by atomic mass is 9.55. The molecule has 2 bridgehead atoms. The van der Waals surface area contributed by atoms with Crippen LogP contribution in [0.25, 0.3) is 5.57 Å². The highest BCUT2D eigenvalue weighted by atomic mass is 16.5. The Bertz CT molecular complexity index is 583. The molecule has 0 fully saturated rings. The van der Waals surface area contributed by atoms with E-state index in [2.05, 4.69) is 63.3 Å². The number of benzene rings is 1. The molecule has 0 aromatic heterocycles. The van der Waals surface area contributed by atoms with Crippen LogP contribution < -0.4 is 0 Å². The molecule has 1 nitrogen and oxygen atoms in total. The number of allylic oxidation sites excluding steroid dienone is 2. The van der Waals surface area contributed by atoms with E-state index in [4.69, 9.17) is 4.74 Å². The summed E-state index contributed by atoms with van der Waals surface area (Å²) < 4.78 is 5.95. The van der Waals surface area contributed by atoms with E-state index in [9.17, 15) is 0 Å². The third-order valence-electron chi connectivity index (χ3n) is 5.32. The van der Waals surface area contributed by atoms with Crippen molar-refractivity contribution in [2.45, 2.75) is 45.6 Å². The van der Waals surface area contributed by atoms with Crippen LogP contribution >= 0.6 is 0 Å². The summed E-state index contributed by atoms with van der Waals surface area (Å²) in [5.41, 5.74) is 4.42. The zero-order valence-electron chi connectivity index (χ0n) is 13.6. The van der Waals surface area contributed by atoms with Gasteiger partial charge in [-0.3, -0.25) is 0 Å². The van der Waals surface area contributed by atoms with Crippen molar-refractivity contribution >= 4 is 5.57 Å². The third-order valence-corrected chi connectivity index (χ3v) is 5.32. The minimum atomic E-state index is -0.0632. The van der Waals surface area contributed by atoms with Crippen molar-refractivity contribution in [2.75, 3.05) is 7.11 Å². The Kier molecular flexibility index (Phi) is 3.57. The first-order chi connectivity index (χ1) is 10.0. The summed E-state index contributed by atoms with van der Waals surface area (Å²) >= 11 is 0. The molecule has 112 valence electrons. The van der Waals surface area contributed by atoms with E-state index in [-0.39, 0.29) is 11.0 Å². The smallest absolute Gasteiger partial charge is 0.0761 e. The highest BCUT2D eigenvalue weighted by Crippen LogP contribution is 2.57. The van der Waals surface area contributed by atoms with Gasteiger partial charge in [0.1, 0.15) is 0 Å². The maximum atomic E-state index is 5.95. The van der Waals surface area contributed by atoms with E-state index in [1.807, 2.05) is 7.11 Å². The second-order valence-corrected chi connectivity index (χ2v) is 7.00. The van der Waals surface area contributed by atoms with Crippen molar-refractivity contribution < 1.29 is 4.74 Å². The van der Waals surface area contributed by atoms with Crippen molar-refractivity contribution in [2.24, 2.45) is 11.3 Å². The molecule has 0 amide bonds. The molecule has 0 spiro atoms. The molecule has 1 aromatic rings. The van der Waals surface area contributed by atoms with Gasteiger partial charge in [-0.2, -0.15) is 0 Å². The van der Waals surface area contributed by atoms with E-state index in [0.717, 1.165) is 6.42 Å². The number of ether oxygens (including phenoxy) is 1. The summed E-state index contributed by atoms with van der Waals surface area (Å²) in [7, 11) is 1.86. The van der Waals surface area contributed by atoms with Gasteiger partial charge < -0.3 is 4.74 Å². The molecule has 3 aliphatic rings. The monoisotopic (exact) mass is 282 g/mol. The van der Waals surface area contributed by atoms with Gasteiger partial charge in [0.2, 0.25) is 0 Å². The number of methoxy groups -OCH3 is 1. The number of rotatable bonds is 4. The van der Waals surface area contributed by atoms with Crippen LogP contribution in [0.4, 0.5) is 0 Å². The maximum Gasteiger partial charge on any atom is 0.0761 e. The molecule has 3 unspecified atom stereocenters. The van der Waals surface area contributed by atoms with Crippen LogP contribution in [0.5, 0.6) is 0 Å². The van der Waals surface area contributed by atoms with Gasteiger partial charge in [0.15, 0.2) is 0 Å². The Balaban J connectivity index is 2.09. The van der Waals surface area contributed by atoms with E-state index in [1.54, 1.807) is 5.57 Å². The van der Waals surface area contributed by atoms with Gasteiger partial charge in [0.05, 0.1) is 5.60 Å². The van der Waals surface area contributed by atoms with Crippen LogP contribution in [0.15, 0.2) is 48.1 Å². The van der Waals surface area contributed by atoms with Crippen molar-refractivity contribution in [1.82, 2.24) is 0 Å². The second kappa shape index (κ2) is 5.14. The quantitative estimate of drug-likeness (QED) is 0.686. The first kappa shape index (κ1) is 14.6. The molecular formula is C20H26O. The van der Waals surface area contributed by atoms with Crippen LogP contribution in [-0.2, 0) is 4.74 Å². The van der Waals surface area contributed by atoms with Crippen molar-refractivity contribution in [3.8, 4) is 0 Å². The second-order valence-electron chi connectivity index (χ2n) is 7.00. The molecule has 0 heterocycles. The van der Waals surface area contributed by atoms with Crippen molar-refractivity contribution in [1.29, 1.82) is 0 Å². The molecule has 0 saturated carbocycles. The summed E-state index contributed by atoms with van der Waals surface area (Å²) in [4.78, 5) is 0. The Morgan fingerprint density at radius 2 is 1.90 bits per heavy atom. The highest BCUT2D eigenvalue weighted by Gasteiger charge is 2.50. The molecule has 0 saturated heterocycles. The average Bonchev–Trinajstić information content (AvgIpc) is 2.47. The van der Waals surface area contributed by atoms with Gasteiger partial charge >= 0.3 is 0 Å². The van der Waals surface area contributed by atoms with Crippen LogP contribution in [0, 0.1) is 11.3 Å². The van der Waals surface area contributed by atoms with Gasteiger partial charge in [-0.05, 0) is 30.9 Å². The molecule has 0 aliphatic heterocycles. The Morgan fingerprint density at radius 3 is 2.48 bits per heavy atom. The fourth-order valence-electron chi connectivity index (χ4n) is 4.35. The molecule has 1 aromatic carbocycles. The number of hydrogen-bond donors (Lipinski definition) is 0. The molecular weight excluding hydrogens is 256 g/mol. The Morgan fingerprint density at radius 1 is 1.19 bits per heavy atom. The predicted octanol–water partition coefficient (Wildman–Crippen LogP) is 5.24. The normalized spacial score (nSPS) is 34.6. The van der Waals surface area contributed by atoms with Crippen molar-refractivity contribution in [3.05, 3.63) is 53.6 Å². The standard InChI is InChI=1S/C20H26O/c1-5-9-16-13-19(2)14-20(3,21-4)18(16)12-17(19)15-10-7-6-8-11-15/h6-8,10-13,18H,5,9,14H2,1-4H3. The molecule has 21 heavy (non-hydrogen) atoms. The molecule has 1 heteroatoms. The summed E-state index contributed by atoms with van der Waals surface area (Å²) in [5.74, 6) is 0.416. The third kappa shape index (κ3) is 2.28. The van der Waals surface area contributed by atoms with E-state index >= 15 is 0 Å². The summed E-state index contributed by atoms with van der Waals surface area (Å²) in [6.07, 6.45) is 8.46.